The number of carboxylic acid groups (broad SMARTS) is 1. The van der Waals surface area contributed by atoms with Gasteiger partial charge < -0.3 is 14.6 Å². The molecule has 2 heterocycles. The second-order valence-corrected chi connectivity index (χ2v) is 6.23. The summed E-state index contributed by atoms with van der Waals surface area (Å²) in [7, 11) is 3.15. The van der Waals surface area contributed by atoms with Crippen molar-refractivity contribution in [2.45, 2.75) is 13.8 Å². The lowest BCUT2D eigenvalue weighted by Crippen LogP contribution is -2.04. The van der Waals surface area contributed by atoms with Crippen LogP contribution in [0.4, 0.5) is 0 Å². The highest BCUT2D eigenvalue weighted by molar-refractivity contribution is 7.17. The summed E-state index contributed by atoms with van der Waals surface area (Å²) in [6.45, 7) is 3.66. The number of imidazole rings is 1. The summed E-state index contributed by atoms with van der Waals surface area (Å²) in [6, 6.07) is 5.53. The Balaban J connectivity index is 2.31. The Bertz CT molecular complexity index is 911. The summed E-state index contributed by atoms with van der Waals surface area (Å²) in [5, 5.41) is 9.52. The second kappa shape index (κ2) is 5.58. The Morgan fingerprint density at radius 2 is 1.91 bits per heavy atom. The third kappa shape index (κ3) is 2.33. The molecule has 0 saturated carbocycles. The van der Waals surface area contributed by atoms with Crippen LogP contribution in [-0.4, -0.2) is 34.7 Å². The number of rotatable bonds is 4. The van der Waals surface area contributed by atoms with Crippen LogP contribution in [0.25, 0.3) is 16.2 Å². The van der Waals surface area contributed by atoms with Gasteiger partial charge in [-0.25, -0.2) is 9.78 Å². The lowest BCUT2D eigenvalue weighted by atomic mass is 10.1. The summed E-state index contributed by atoms with van der Waals surface area (Å²) in [4.78, 5) is 17.6. The predicted molar refractivity (Wildman–Crippen MR) is 88.0 cm³/mol. The summed E-state index contributed by atoms with van der Waals surface area (Å²) >= 11 is 1.47. The molecule has 2 aromatic heterocycles. The van der Waals surface area contributed by atoms with Crippen LogP contribution in [0.15, 0.2) is 18.2 Å². The molecule has 0 unspecified atom stereocenters. The van der Waals surface area contributed by atoms with Crippen LogP contribution in [0.1, 0.15) is 21.1 Å². The molecule has 0 aliphatic heterocycles. The zero-order valence-corrected chi connectivity index (χ0v) is 14.0. The van der Waals surface area contributed by atoms with Crippen LogP contribution in [0.5, 0.6) is 11.5 Å². The number of aromatic carboxylic acids is 1. The molecule has 0 bridgehead atoms. The number of hydrogen-bond donors (Lipinski definition) is 1. The van der Waals surface area contributed by atoms with E-state index in [1.165, 1.54) is 11.3 Å². The normalized spacial score (nSPS) is 11.0. The molecule has 120 valence electrons. The Kier molecular flexibility index (Phi) is 3.73. The van der Waals surface area contributed by atoms with Crippen LogP contribution < -0.4 is 9.47 Å². The number of ether oxygens (including phenoxy) is 2. The van der Waals surface area contributed by atoms with Gasteiger partial charge in [0.1, 0.15) is 0 Å². The van der Waals surface area contributed by atoms with E-state index in [9.17, 15) is 9.90 Å². The van der Waals surface area contributed by atoms with Crippen molar-refractivity contribution in [3.05, 3.63) is 34.5 Å². The molecule has 0 spiro atoms. The lowest BCUT2D eigenvalue weighted by Gasteiger charge is -2.10. The third-order valence-electron chi connectivity index (χ3n) is 3.68. The number of hydrogen-bond acceptors (Lipinski definition) is 5. The highest BCUT2D eigenvalue weighted by atomic mass is 32.1. The van der Waals surface area contributed by atoms with Gasteiger partial charge in [0, 0.05) is 10.4 Å². The van der Waals surface area contributed by atoms with Crippen molar-refractivity contribution >= 4 is 22.3 Å². The Morgan fingerprint density at radius 1 is 1.22 bits per heavy atom. The maximum atomic E-state index is 11.6. The average molecular weight is 332 g/mol. The first-order chi connectivity index (χ1) is 11.0. The summed E-state index contributed by atoms with van der Waals surface area (Å²) in [6.07, 6.45) is 0. The molecule has 0 saturated heterocycles. The number of methoxy groups -OCH3 is 2. The van der Waals surface area contributed by atoms with Crippen LogP contribution in [0, 0.1) is 13.8 Å². The molecular formula is C16H16N2O4S. The molecule has 7 heteroatoms. The van der Waals surface area contributed by atoms with Gasteiger partial charge in [-0.05, 0) is 32.0 Å². The van der Waals surface area contributed by atoms with E-state index < -0.39 is 5.97 Å². The molecule has 0 aliphatic rings. The van der Waals surface area contributed by atoms with Gasteiger partial charge in [0.25, 0.3) is 0 Å². The van der Waals surface area contributed by atoms with Crippen molar-refractivity contribution in [2.75, 3.05) is 14.2 Å². The van der Waals surface area contributed by atoms with E-state index in [2.05, 4.69) is 4.98 Å². The third-order valence-corrected chi connectivity index (χ3v) is 4.64. The van der Waals surface area contributed by atoms with E-state index in [1.807, 2.05) is 19.1 Å². The minimum absolute atomic E-state index is 0.189. The maximum absolute atomic E-state index is 11.6. The molecule has 0 atom stereocenters. The maximum Gasteiger partial charge on any atom is 0.354 e. The van der Waals surface area contributed by atoms with Crippen LogP contribution in [0.3, 0.4) is 0 Å². The zero-order valence-electron chi connectivity index (χ0n) is 13.2. The van der Waals surface area contributed by atoms with Crippen LogP contribution in [-0.2, 0) is 0 Å². The van der Waals surface area contributed by atoms with Gasteiger partial charge in [-0.15, -0.1) is 11.3 Å². The van der Waals surface area contributed by atoms with E-state index >= 15 is 0 Å². The highest BCUT2D eigenvalue weighted by Crippen LogP contribution is 2.37. The minimum Gasteiger partial charge on any atom is -0.493 e. The molecule has 0 amide bonds. The zero-order chi connectivity index (χ0) is 16.7. The second-order valence-electron chi connectivity index (χ2n) is 5.05. The quantitative estimate of drug-likeness (QED) is 0.793. The number of fused-ring (bicyclic) bond motifs is 1. The SMILES string of the molecule is COc1ccc(-c2c(C)sc3nc(C)c(C(=O)O)n23)cc1OC. The fourth-order valence-electron chi connectivity index (χ4n) is 2.69. The lowest BCUT2D eigenvalue weighted by molar-refractivity contribution is 0.0688. The molecule has 0 radical (unpaired) electrons. The first-order valence-corrected chi connectivity index (χ1v) is 7.73. The van der Waals surface area contributed by atoms with E-state index in [0.717, 1.165) is 16.1 Å². The summed E-state index contributed by atoms with van der Waals surface area (Å²) in [5.74, 6) is 0.229. The first kappa shape index (κ1) is 15.4. The van der Waals surface area contributed by atoms with Crippen LogP contribution in [0.2, 0.25) is 0 Å². The summed E-state index contributed by atoms with van der Waals surface area (Å²) in [5.41, 5.74) is 2.36. The minimum atomic E-state index is -0.991. The van der Waals surface area contributed by atoms with Crippen molar-refractivity contribution < 1.29 is 19.4 Å². The first-order valence-electron chi connectivity index (χ1n) is 6.92. The van der Waals surface area contributed by atoms with Crippen molar-refractivity contribution in [2.24, 2.45) is 0 Å². The molecule has 0 aliphatic carbocycles. The van der Waals surface area contributed by atoms with E-state index in [-0.39, 0.29) is 5.69 Å². The largest absolute Gasteiger partial charge is 0.493 e. The predicted octanol–water partition coefficient (Wildman–Crippen LogP) is 3.40. The molecule has 1 N–H and O–H groups in total. The van der Waals surface area contributed by atoms with Gasteiger partial charge in [-0.1, -0.05) is 0 Å². The Hall–Kier alpha value is -2.54. The molecule has 1 aromatic carbocycles. The van der Waals surface area contributed by atoms with Gasteiger partial charge in [0.05, 0.1) is 25.6 Å². The number of thiazole rings is 1. The molecular weight excluding hydrogens is 316 g/mol. The van der Waals surface area contributed by atoms with E-state index in [4.69, 9.17) is 9.47 Å². The molecule has 6 nitrogen and oxygen atoms in total. The fraction of sp³-hybridized carbons (Fsp3) is 0.250. The van der Waals surface area contributed by atoms with E-state index in [1.54, 1.807) is 31.6 Å². The van der Waals surface area contributed by atoms with Gasteiger partial charge in [0.15, 0.2) is 22.2 Å². The van der Waals surface area contributed by atoms with E-state index in [0.29, 0.717) is 22.2 Å². The number of aromatic nitrogens is 2. The average Bonchev–Trinajstić information content (AvgIpc) is 2.98. The number of benzene rings is 1. The number of aryl methyl sites for hydroxylation is 2. The van der Waals surface area contributed by atoms with Crippen molar-refractivity contribution in [1.29, 1.82) is 0 Å². The number of carboxylic acids is 1. The number of carbonyl (C=O) groups is 1. The van der Waals surface area contributed by atoms with Crippen LogP contribution >= 0.6 is 11.3 Å². The fourth-order valence-corrected chi connectivity index (χ4v) is 3.72. The van der Waals surface area contributed by atoms with Gasteiger partial charge in [0.2, 0.25) is 0 Å². The standard InChI is InChI=1S/C16H16N2O4S/c1-8-13(15(19)20)18-14(9(2)23-16(18)17-8)10-5-6-11(21-3)12(7-10)22-4/h5-7H,1-4H3,(H,19,20). The molecule has 3 rings (SSSR count). The van der Waals surface area contributed by atoms with Crippen molar-refractivity contribution in [3.8, 4) is 22.8 Å². The molecule has 0 fully saturated rings. The van der Waals surface area contributed by atoms with Crippen molar-refractivity contribution in [1.82, 2.24) is 9.38 Å². The van der Waals surface area contributed by atoms with Gasteiger partial charge in [-0.3, -0.25) is 4.40 Å². The summed E-state index contributed by atoms with van der Waals surface area (Å²) < 4.78 is 12.3. The Labute approximate surface area is 136 Å². The topological polar surface area (TPSA) is 73.1 Å². The molecule has 23 heavy (non-hydrogen) atoms. The smallest absolute Gasteiger partial charge is 0.354 e. The van der Waals surface area contributed by atoms with Gasteiger partial charge in [-0.2, -0.15) is 0 Å². The van der Waals surface area contributed by atoms with Crippen molar-refractivity contribution in [3.63, 3.8) is 0 Å². The van der Waals surface area contributed by atoms with Gasteiger partial charge >= 0.3 is 5.97 Å². The molecule has 3 aromatic rings. The monoisotopic (exact) mass is 332 g/mol. The Morgan fingerprint density at radius 3 is 2.52 bits per heavy atom. The highest BCUT2D eigenvalue weighted by Gasteiger charge is 2.23. The number of nitrogens with zero attached hydrogens (tertiary/aromatic N) is 2.